The smallest absolute Gasteiger partial charge is 0.321 e. The number of imide groups is 1. The molecule has 0 fully saturated rings. The molecule has 1 atom stereocenters. The van der Waals surface area contributed by atoms with Crippen molar-refractivity contribution >= 4 is 34.7 Å². The van der Waals surface area contributed by atoms with Gasteiger partial charge in [-0.2, -0.15) is 5.10 Å². The number of nitrogens with one attached hydrogen (secondary N) is 2. The van der Waals surface area contributed by atoms with Gasteiger partial charge in [0.2, 0.25) is 5.91 Å². The van der Waals surface area contributed by atoms with E-state index < -0.39 is 11.3 Å². The summed E-state index contributed by atoms with van der Waals surface area (Å²) in [5, 5.41) is 10.1. The Morgan fingerprint density at radius 3 is 2.74 bits per heavy atom. The number of aromatic nitrogens is 4. The van der Waals surface area contributed by atoms with Crippen LogP contribution in [0.15, 0.2) is 17.6 Å². The van der Waals surface area contributed by atoms with Crippen LogP contribution in [0.2, 0.25) is 0 Å². The maximum atomic E-state index is 12.1. The van der Waals surface area contributed by atoms with Crippen molar-refractivity contribution in [3.05, 3.63) is 12.5 Å². The molecule has 2 heterocycles. The molecule has 0 saturated heterocycles. The van der Waals surface area contributed by atoms with Gasteiger partial charge in [0.1, 0.15) is 11.4 Å². The second kappa shape index (κ2) is 7.40. The lowest BCUT2D eigenvalue weighted by Crippen LogP contribution is -2.43. The maximum absolute atomic E-state index is 12.1. The van der Waals surface area contributed by atoms with Crippen molar-refractivity contribution in [2.75, 3.05) is 6.54 Å². The van der Waals surface area contributed by atoms with Gasteiger partial charge in [-0.15, -0.1) is 0 Å². The summed E-state index contributed by atoms with van der Waals surface area (Å²) in [4.78, 5) is 32.1. The summed E-state index contributed by atoms with van der Waals surface area (Å²) < 4.78 is 1.64. The van der Waals surface area contributed by atoms with Crippen LogP contribution in [-0.2, 0) is 11.8 Å². The van der Waals surface area contributed by atoms with E-state index in [0.29, 0.717) is 23.1 Å². The molecule has 0 aliphatic heterocycles. The first-order valence-electron chi connectivity index (χ1n) is 7.26. The normalized spacial score (nSPS) is 12.4. The van der Waals surface area contributed by atoms with Crippen molar-refractivity contribution in [2.45, 2.75) is 31.0 Å². The van der Waals surface area contributed by atoms with Crippen LogP contribution < -0.4 is 10.6 Å². The minimum atomic E-state index is -0.481. The number of thioether (sulfide) groups is 1. The van der Waals surface area contributed by atoms with Gasteiger partial charge in [0, 0.05) is 13.6 Å². The van der Waals surface area contributed by atoms with Crippen LogP contribution in [0.25, 0.3) is 11.0 Å². The minimum Gasteiger partial charge on any atom is -0.338 e. The fourth-order valence-electron chi connectivity index (χ4n) is 1.81. The van der Waals surface area contributed by atoms with Crippen LogP contribution >= 0.6 is 11.8 Å². The molecule has 8 nitrogen and oxygen atoms in total. The molecule has 2 rings (SSSR count). The van der Waals surface area contributed by atoms with E-state index in [1.807, 2.05) is 13.8 Å². The molecule has 3 amide bonds. The monoisotopic (exact) mass is 336 g/mol. The van der Waals surface area contributed by atoms with E-state index in [9.17, 15) is 9.59 Å². The van der Waals surface area contributed by atoms with Gasteiger partial charge in [-0.3, -0.25) is 14.8 Å². The predicted octanol–water partition coefficient (Wildman–Crippen LogP) is 1.33. The number of carbonyl (C=O) groups excluding carboxylic acids is 2. The number of fused-ring (bicyclic) bond motifs is 1. The average molecular weight is 336 g/mol. The number of nitrogens with zero attached hydrogens (tertiary/aromatic N) is 4. The second-order valence-corrected chi connectivity index (χ2v) is 6.87. The Labute approximate surface area is 138 Å². The first-order valence-corrected chi connectivity index (χ1v) is 8.14. The van der Waals surface area contributed by atoms with Crippen molar-refractivity contribution < 1.29 is 9.59 Å². The molecule has 0 radical (unpaired) electrons. The van der Waals surface area contributed by atoms with E-state index in [1.54, 1.807) is 24.9 Å². The lowest BCUT2D eigenvalue weighted by atomic mass is 10.2. The van der Waals surface area contributed by atoms with Crippen molar-refractivity contribution in [3.63, 3.8) is 0 Å². The van der Waals surface area contributed by atoms with Gasteiger partial charge in [-0.05, 0) is 12.8 Å². The number of carbonyl (C=O) groups is 2. The van der Waals surface area contributed by atoms with Crippen LogP contribution in [0.3, 0.4) is 0 Å². The number of aryl methyl sites for hydroxylation is 1. The fourth-order valence-corrected chi connectivity index (χ4v) is 2.69. The molecule has 1 unspecified atom stereocenters. The van der Waals surface area contributed by atoms with Crippen LogP contribution in [0, 0.1) is 5.92 Å². The molecule has 124 valence electrons. The highest BCUT2D eigenvalue weighted by Crippen LogP contribution is 2.27. The first kappa shape index (κ1) is 17.2. The van der Waals surface area contributed by atoms with E-state index in [2.05, 4.69) is 25.7 Å². The zero-order valence-corrected chi connectivity index (χ0v) is 14.3. The fraction of sp³-hybridized carbons (Fsp3) is 0.500. The molecule has 0 aliphatic carbocycles. The first-order chi connectivity index (χ1) is 10.9. The number of hydrogen-bond acceptors (Lipinski definition) is 6. The second-order valence-electron chi connectivity index (χ2n) is 5.54. The Kier molecular flexibility index (Phi) is 5.54. The third-order valence-corrected chi connectivity index (χ3v) is 4.17. The third-order valence-electron chi connectivity index (χ3n) is 3.06. The molecular formula is C14H20N6O2S. The minimum absolute atomic E-state index is 0.322. The summed E-state index contributed by atoms with van der Waals surface area (Å²) in [6.07, 6.45) is 3.10. The van der Waals surface area contributed by atoms with Crippen molar-refractivity contribution in [1.82, 2.24) is 30.4 Å². The standard InChI is InChI=1S/C14H20N6O2S/c1-8(2)5-15-14(22)19-12(21)9(3)23-13-10-6-18-20(4)11(10)16-7-17-13/h6-9H,5H2,1-4H3,(H2,15,19,21,22). The lowest BCUT2D eigenvalue weighted by Gasteiger charge is -2.12. The predicted molar refractivity (Wildman–Crippen MR) is 88.0 cm³/mol. The van der Waals surface area contributed by atoms with Gasteiger partial charge in [-0.1, -0.05) is 25.6 Å². The van der Waals surface area contributed by atoms with Gasteiger partial charge in [0.15, 0.2) is 5.65 Å². The third kappa shape index (κ3) is 4.41. The Morgan fingerprint density at radius 1 is 1.30 bits per heavy atom. The summed E-state index contributed by atoms with van der Waals surface area (Å²) in [5.74, 6) is -0.0468. The molecule has 0 bridgehead atoms. The topological polar surface area (TPSA) is 102 Å². The highest BCUT2D eigenvalue weighted by Gasteiger charge is 2.19. The van der Waals surface area contributed by atoms with E-state index >= 15 is 0 Å². The van der Waals surface area contributed by atoms with Gasteiger partial charge < -0.3 is 5.32 Å². The van der Waals surface area contributed by atoms with Gasteiger partial charge in [0.25, 0.3) is 0 Å². The van der Waals surface area contributed by atoms with E-state index in [0.717, 1.165) is 5.39 Å². The Bertz CT molecular complexity index is 714. The molecule has 0 aromatic carbocycles. The van der Waals surface area contributed by atoms with E-state index in [1.165, 1.54) is 18.1 Å². The quantitative estimate of drug-likeness (QED) is 0.631. The van der Waals surface area contributed by atoms with Crippen LogP contribution in [0.4, 0.5) is 4.79 Å². The zero-order valence-electron chi connectivity index (χ0n) is 13.5. The zero-order chi connectivity index (χ0) is 17.0. The number of urea groups is 1. The number of hydrogen-bond donors (Lipinski definition) is 2. The summed E-state index contributed by atoms with van der Waals surface area (Å²) in [6, 6.07) is -0.481. The SMILES string of the molecule is CC(C)CNC(=O)NC(=O)C(C)Sc1ncnc2c1cnn2C. The van der Waals surface area contributed by atoms with Crippen LogP contribution in [0.5, 0.6) is 0 Å². The molecule has 2 N–H and O–H groups in total. The Morgan fingerprint density at radius 2 is 2.04 bits per heavy atom. The van der Waals surface area contributed by atoms with Crippen molar-refractivity contribution in [2.24, 2.45) is 13.0 Å². The maximum Gasteiger partial charge on any atom is 0.321 e. The highest BCUT2D eigenvalue weighted by atomic mass is 32.2. The molecule has 0 aliphatic rings. The summed E-state index contributed by atoms with van der Waals surface area (Å²) >= 11 is 1.26. The van der Waals surface area contributed by atoms with Crippen molar-refractivity contribution in [3.8, 4) is 0 Å². The summed E-state index contributed by atoms with van der Waals surface area (Å²) in [5.41, 5.74) is 0.699. The molecular weight excluding hydrogens is 316 g/mol. The average Bonchev–Trinajstić information content (AvgIpc) is 2.88. The Hall–Kier alpha value is -2.16. The van der Waals surface area contributed by atoms with Gasteiger partial charge in [0.05, 0.1) is 16.8 Å². The highest BCUT2D eigenvalue weighted by molar-refractivity contribution is 8.00. The molecule has 0 saturated carbocycles. The number of rotatable bonds is 5. The molecule has 2 aromatic rings. The molecule has 0 spiro atoms. The molecule has 2 aromatic heterocycles. The van der Waals surface area contributed by atoms with E-state index in [-0.39, 0.29) is 5.91 Å². The van der Waals surface area contributed by atoms with E-state index in [4.69, 9.17) is 0 Å². The largest absolute Gasteiger partial charge is 0.338 e. The molecule has 23 heavy (non-hydrogen) atoms. The number of amides is 3. The van der Waals surface area contributed by atoms with Gasteiger partial charge >= 0.3 is 6.03 Å². The van der Waals surface area contributed by atoms with Crippen LogP contribution in [-0.4, -0.2) is 43.5 Å². The van der Waals surface area contributed by atoms with Crippen LogP contribution in [0.1, 0.15) is 20.8 Å². The van der Waals surface area contributed by atoms with Crippen molar-refractivity contribution in [1.29, 1.82) is 0 Å². The molecule has 9 heteroatoms. The Balaban J connectivity index is 1.99. The van der Waals surface area contributed by atoms with Gasteiger partial charge in [-0.25, -0.2) is 14.8 Å². The summed E-state index contributed by atoms with van der Waals surface area (Å²) in [7, 11) is 1.79. The lowest BCUT2D eigenvalue weighted by molar-refractivity contribution is -0.119. The summed E-state index contributed by atoms with van der Waals surface area (Å²) in [6.45, 7) is 6.20.